The third kappa shape index (κ3) is 3.26. The number of nitrogens with zero attached hydrogens (tertiary/aromatic N) is 1. The van der Waals surface area contributed by atoms with Crippen LogP contribution in [-0.4, -0.2) is 11.1 Å². The number of halogens is 1. The Balaban J connectivity index is 1.86. The molecule has 1 amide bonds. The summed E-state index contributed by atoms with van der Waals surface area (Å²) in [6, 6.07) is 13.8. The minimum atomic E-state index is -0.327. The topological polar surface area (TPSA) is 41.5 Å². The van der Waals surface area contributed by atoms with Crippen molar-refractivity contribution in [2.45, 2.75) is 6.92 Å². The monoisotopic (exact) mass is 312 g/mol. The molecule has 0 atom stereocenters. The number of aliphatic imine (C=N–C) groups is 1. The van der Waals surface area contributed by atoms with Crippen LogP contribution in [0.5, 0.6) is 0 Å². The summed E-state index contributed by atoms with van der Waals surface area (Å²) in [5.74, 6) is -0.548. The number of carbonyl (C=O) groups excluding carboxylic acids is 1. The molecule has 1 aliphatic rings. The standard InChI is InChI=1S/C17H13FN2OS/c1-11-5-2-3-8-14(11)19-17-20-16(21)15(22-17)10-12-6-4-7-13(18)9-12/h2-10H,1H3,(H,19,20,21)/b15-10+. The van der Waals surface area contributed by atoms with E-state index in [-0.39, 0.29) is 11.7 Å². The van der Waals surface area contributed by atoms with Gasteiger partial charge in [-0.2, -0.15) is 0 Å². The number of benzene rings is 2. The summed E-state index contributed by atoms with van der Waals surface area (Å²) in [4.78, 5) is 16.9. The lowest BCUT2D eigenvalue weighted by molar-refractivity contribution is -0.115. The van der Waals surface area contributed by atoms with Gasteiger partial charge < -0.3 is 5.32 Å². The Labute approximate surface area is 132 Å². The highest BCUT2D eigenvalue weighted by Crippen LogP contribution is 2.29. The molecule has 0 saturated carbocycles. The van der Waals surface area contributed by atoms with E-state index in [1.54, 1.807) is 18.2 Å². The molecule has 0 bridgehead atoms. The molecule has 0 aliphatic carbocycles. The van der Waals surface area contributed by atoms with Crippen molar-refractivity contribution in [3.05, 3.63) is 70.4 Å². The van der Waals surface area contributed by atoms with Gasteiger partial charge in [0.15, 0.2) is 5.17 Å². The van der Waals surface area contributed by atoms with Crippen molar-refractivity contribution in [1.82, 2.24) is 5.32 Å². The van der Waals surface area contributed by atoms with Gasteiger partial charge in [0, 0.05) is 0 Å². The summed E-state index contributed by atoms with van der Waals surface area (Å²) < 4.78 is 13.2. The summed E-state index contributed by atoms with van der Waals surface area (Å²) in [5.41, 5.74) is 2.50. The van der Waals surface area contributed by atoms with Crippen LogP contribution in [0.25, 0.3) is 6.08 Å². The first kappa shape index (κ1) is 14.5. The molecule has 3 rings (SSSR count). The number of aryl methyl sites for hydroxylation is 1. The Morgan fingerprint density at radius 3 is 2.77 bits per heavy atom. The van der Waals surface area contributed by atoms with Crippen LogP contribution in [0.4, 0.5) is 10.1 Å². The lowest BCUT2D eigenvalue weighted by Gasteiger charge is -1.99. The van der Waals surface area contributed by atoms with Crippen LogP contribution < -0.4 is 5.32 Å². The van der Waals surface area contributed by atoms with Crippen LogP contribution in [0.15, 0.2) is 58.4 Å². The van der Waals surface area contributed by atoms with E-state index >= 15 is 0 Å². The van der Waals surface area contributed by atoms with E-state index in [0.717, 1.165) is 11.3 Å². The average molecular weight is 312 g/mol. The molecule has 1 heterocycles. The molecule has 1 saturated heterocycles. The highest BCUT2D eigenvalue weighted by Gasteiger charge is 2.23. The molecule has 0 spiro atoms. The van der Waals surface area contributed by atoms with Gasteiger partial charge in [0.2, 0.25) is 0 Å². The molecule has 5 heteroatoms. The fraction of sp³-hybridized carbons (Fsp3) is 0.0588. The SMILES string of the molecule is Cc1ccccc1N=C1NC(=O)/C(=C\c2cccc(F)c2)S1. The minimum absolute atomic E-state index is 0.221. The predicted octanol–water partition coefficient (Wildman–Crippen LogP) is 4.03. The Morgan fingerprint density at radius 2 is 2.00 bits per heavy atom. The number of nitrogens with one attached hydrogen (secondary N) is 1. The summed E-state index contributed by atoms with van der Waals surface area (Å²) in [5, 5.41) is 3.26. The van der Waals surface area contributed by atoms with Gasteiger partial charge in [0.05, 0.1) is 10.6 Å². The number of amides is 1. The second kappa shape index (κ2) is 6.15. The number of carbonyl (C=O) groups is 1. The van der Waals surface area contributed by atoms with Gasteiger partial charge >= 0.3 is 0 Å². The van der Waals surface area contributed by atoms with Crippen molar-refractivity contribution in [3.8, 4) is 0 Å². The number of hydrogen-bond donors (Lipinski definition) is 1. The van der Waals surface area contributed by atoms with Gasteiger partial charge in [-0.05, 0) is 54.1 Å². The largest absolute Gasteiger partial charge is 0.300 e. The fourth-order valence-electron chi connectivity index (χ4n) is 2.03. The van der Waals surface area contributed by atoms with E-state index in [1.807, 2.05) is 31.2 Å². The first-order valence-electron chi connectivity index (χ1n) is 6.72. The molecule has 2 aromatic rings. The third-order valence-corrected chi connectivity index (χ3v) is 4.04. The summed E-state index contributed by atoms with van der Waals surface area (Å²) >= 11 is 1.25. The predicted molar refractivity (Wildman–Crippen MR) is 88.4 cm³/mol. The quantitative estimate of drug-likeness (QED) is 0.851. The van der Waals surface area contributed by atoms with Crippen LogP contribution in [0, 0.1) is 12.7 Å². The second-order valence-electron chi connectivity index (χ2n) is 4.82. The lowest BCUT2D eigenvalue weighted by atomic mass is 10.2. The van der Waals surface area contributed by atoms with Gasteiger partial charge in [-0.1, -0.05) is 30.3 Å². The van der Waals surface area contributed by atoms with E-state index in [0.29, 0.717) is 15.6 Å². The Morgan fingerprint density at radius 1 is 1.18 bits per heavy atom. The zero-order chi connectivity index (χ0) is 15.5. The number of rotatable bonds is 2. The van der Waals surface area contributed by atoms with Gasteiger partial charge in [-0.15, -0.1) is 0 Å². The Hall–Kier alpha value is -2.40. The van der Waals surface area contributed by atoms with Crippen molar-refractivity contribution in [2.75, 3.05) is 0 Å². The Bertz CT molecular complexity index is 799. The highest BCUT2D eigenvalue weighted by atomic mass is 32.2. The molecule has 1 aliphatic heterocycles. The van der Waals surface area contributed by atoms with E-state index in [2.05, 4.69) is 10.3 Å². The summed E-state index contributed by atoms with van der Waals surface area (Å²) in [6.07, 6.45) is 1.66. The molecule has 2 aromatic carbocycles. The van der Waals surface area contributed by atoms with E-state index < -0.39 is 0 Å². The molecule has 0 unspecified atom stereocenters. The second-order valence-corrected chi connectivity index (χ2v) is 5.85. The minimum Gasteiger partial charge on any atom is -0.300 e. The molecule has 1 fully saturated rings. The van der Waals surface area contributed by atoms with Gasteiger partial charge in [0.1, 0.15) is 5.82 Å². The lowest BCUT2D eigenvalue weighted by Crippen LogP contribution is -2.19. The van der Waals surface area contributed by atoms with Crippen LogP contribution >= 0.6 is 11.8 Å². The Kier molecular flexibility index (Phi) is 4.06. The molecule has 110 valence electrons. The first-order valence-corrected chi connectivity index (χ1v) is 7.54. The van der Waals surface area contributed by atoms with E-state index in [1.165, 1.54) is 23.9 Å². The normalized spacial score (nSPS) is 18.0. The van der Waals surface area contributed by atoms with Gasteiger partial charge in [-0.25, -0.2) is 9.38 Å². The molecular weight excluding hydrogens is 299 g/mol. The van der Waals surface area contributed by atoms with Gasteiger partial charge in [-0.3, -0.25) is 4.79 Å². The van der Waals surface area contributed by atoms with Crippen molar-refractivity contribution in [2.24, 2.45) is 4.99 Å². The van der Waals surface area contributed by atoms with Crippen LogP contribution in [-0.2, 0) is 4.79 Å². The maximum atomic E-state index is 13.2. The number of hydrogen-bond acceptors (Lipinski definition) is 3. The molecular formula is C17H13FN2OS. The number of thioether (sulfide) groups is 1. The summed E-state index contributed by atoms with van der Waals surface area (Å²) in [7, 11) is 0. The van der Waals surface area contributed by atoms with E-state index in [9.17, 15) is 9.18 Å². The molecule has 0 radical (unpaired) electrons. The van der Waals surface area contributed by atoms with Crippen LogP contribution in [0.1, 0.15) is 11.1 Å². The van der Waals surface area contributed by atoms with E-state index in [4.69, 9.17) is 0 Å². The molecule has 0 aromatic heterocycles. The highest BCUT2D eigenvalue weighted by molar-refractivity contribution is 8.18. The summed E-state index contributed by atoms with van der Waals surface area (Å²) in [6.45, 7) is 1.96. The number of amidine groups is 1. The fourth-order valence-corrected chi connectivity index (χ4v) is 2.86. The van der Waals surface area contributed by atoms with Crippen molar-refractivity contribution in [1.29, 1.82) is 0 Å². The van der Waals surface area contributed by atoms with Crippen LogP contribution in [0.3, 0.4) is 0 Å². The smallest absolute Gasteiger partial charge is 0.264 e. The third-order valence-electron chi connectivity index (χ3n) is 3.13. The first-order chi connectivity index (χ1) is 10.6. The maximum absolute atomic E-state index is 13.2. The molecule has 22 heavy (non-hydrogen) atoms. The van der Waals surface area contributed by atoms with Crippen LogP contribution in [0.2, 0.25) is 0 Å². The zero-order valence-electron chi connectivity index (χ0n) is 11.8. The molecule has 1 N–H and O–H groups in total. The average Bonchev–Trinajstić information content (AvgIpc) is 2.81. The van der Waals surface area contributed by atoms with Crippen molar-refractivity contribution >= 4 is 34.6 Å². The van der Waals surface area contributed by atoms with Crippen molar-refractivity contribution in [3.63, 3.8) is 0 Å². The van der Waals surface area contributed by atoms with Gasteiger partial charge in [0.25, 0.3) is 5.91 Å². The zero-order valence-corrected chi connectivity index (χ0v) is 12.7. The maximum Gasteiger partial charge on any atom is 0.264 e. The van der Waals surface area contributed by atoms with Crippen molar-refractivity contribution < 1.29 is 9.18 Å². The number of para-hydroxylation sites is 1. The molecule has 3 nitrogen and oxygen atoms in total.